The molecule has 0 aliphatic carbocycles. The second-order valence-electron chi connectivity index (χ2n) is 7.01. The van der Waals surface area contributed by atoms with Crippen LogP contribution in [0.3, 0.4) is 0 Å². The number of aromatic nitrogens is 3. The van der Waals surface area contributed by atoms with Crippen molar-refractivity contribution in [1.29, 1.82) is 0 Å². The molecule has 3 aromatic rings. The van der Waals surface area contributed by atoms with E-state index in [4.69, 9.17) is 9.26 Å². The number of nitrogens with zero attached hydrogens (tertiary/aromatic N) is 3. The average Bonchev–Trinajstić information content (AvgIpc) is 3.43. The van der Waals surface area contributed by atoms with Crippen molar-refractivity contribution in [2.45, 2.75) is 31.6 Å². The smallest absolute Gasteiger partial charge is 0.254 e. The van der Waals surface area contributed by atoms with Gasteiger partial charge in [0.25, 0.3) is 11.4 Å². The van der Waals surface area contributed by atoms with Crippen molar-refractivity contribution in [2.24, 2.45) is 0 Å². The van der Waals surface area contributed by atoms with Gasteiger partial charge in [0.2, 0.25) is 5.91 Å². The van der Waals surface area contributed by atoms with Gasteiger partial charge in [0.05, 0.1) is 17.7 Å². The third-order valence-electron chi connectivity index (χ3n) is 5.03. The number of thiophene rings is 1. The topological polar surface area (TPSA) is 101 Å². The molecule has 0 spiro atoms. The van der Waals surface area contributed by atoms with Gasteiger partial charge in [0, 0.05) is 44.0 Å². The maximum Gasteiger partial charge on any atom is 0.254 e. The number of carbonyl (C=O) groups excluding carboxylic acids is 1. The van der Waals surface area contributed by atoms with Crippen molar-refractivity contribution < 1.29 is 14.1 Å². The first-order chi connectivity index (χ1) is 14.1. The van der Waals surface area contributed by atoms with Gasteiger partial charge in [-0.3, -0.25) is 9.59 Å². The van der Waals surface area contributed by atoms with E-state index in [1.807, 2.05) is 22.4 Å². The lowest BCUT2D eigenvalue weighted by molar-refractivity contribution is -0.132. The number of H-pyrrole nitrogens is 1. The van der Waals surface area contributed by atoms with E-state index in [1.165, 1.54) is 13.2 Å². The Balaban J connectivity index is 1.43. The molecule has 9 heteroatoms. The lowest BCUT2D eigenvalue weighted by Crippen LogP contribution is -2.40. The summed E-state index contributed by atoms with van der Waals surface area (Å²) >= 11 is 1.55. The zero-order chi connectivity index (χ0) is 20.2. The van der Waals surface area contributed by atoms with Gasteiger partial charge in [-0.05, 0) is 29.4 Å². The van der Waals surface area contributed by atoms with Gasteiger partial charge in [0.15, 0.2) is 0 Å². The molecular formula is C20H22N4O4S. The van der Waals surface area contributed by atoms with E-state index < -0.39 is 0 Å². The highest BCUT2D eigenvalue weighted by atomic mass is 32.1. The van der Waals surface area contributed by atoms with Crippen LogP contribution in [0.5, 0.6) is 5.88 Å². The van der Waals surface area contributed by atoms with Crippen LogP contribution in [0.1, 0.15) is 36.8 Å². The number of likely N-dealkylation sites (tertiary alicyclic amines) is 1. The predicted molar refractivity (Wildman–Crippen MR) is 108 cm³/mol. The van der Waals surface area contributed by atoms with Crippen molar-refractivity contribution >= 4 is 17.2 Å². The monoisotopic (exact) mass is 414 g/mol. The first-order valence-electron chi connectivity index (χ1n) is 9.55. The standard InChI is InChI=1S/C20H22N4O4S/c1-27-18-10-14(28-23-18)6-7-19(26)24-8-2-4-13(12-24)20-21-15(11-17(25)22-20)16-5-3-9-29-16/h3,5,9-11,13H,2,4,6-8,12H2,1H3,(H,21,22,25)/t13-/m1/s1. The number of carbonyl (C=O) groups is 1. The summed E-state index contributed by atoms with van der Waals surface area (Å²) in [5.74, 6) is 1.76. The summed E-state index contributed by atoms with van der Waals surface area (Å²) in [6, 6.07) is 7.10. The van der Waals surface area contributed by atoms with Crippen LogP contribution >= 0.6 is 11.3 Å². The molecule has 1 fully saturated rings. The minimum Gasteiger partial charge on any atom is -0.479 e. The molecule has 1 aliphatic heterocycles. The maximum absolute atomic E-state index is 12.7. The molecule has 152 valence electrons. The Kier molecular flexibility index (Phi) is 5.75. The van der Waals surface area contributed by atoms with Gasteiger partial charge < -0.3 is 19.1 Å². The molecule has 1 saturated heterocycles. The number of aromatic amines is 1. The van der Waals surface area contributed by atoms with Gasteiger partial charge in [-0.2, -0.15) is 0 Å². The van der Waals surface area contributed by atoms with Crippen LogP contribution in [0.4, 0.5) is 0 Å². The van der Waals surface area contributed by atoms with E-state index in [1.54, 1.807) is 17.4 Å². The van der Waals surface area contributed by atoms with Crippen molar-refractivity contribution in [2.75, 3.05) is 20.2 Å². The van der Waals surface area contributed by atoms with Crippen molar-refractivity contribution in [1.82, 2.24) is 20.0 Å². The fourth-order valence-corrected chi connectivity index (χ4v) is 4.23. The second-order valence-corrected chi connectivity index (χ2v) is 7.96. The van der Waals surface area contributed by atoms with E-state index in [-0.39, 0.29) is 17.4 Å². The number of piperidine rings is 1. The molecule has 1 aliphatic rings. The Morgan fingerprint density at radius 2 is 2.34 bits per heavy atom. The Labute approximate surface area is 171 Å². The quantitative estimate of drug-likeness (QED) is 0.666. The minimum absolute atomic E-state index is 0.0192. The zero-order valence-electron chi connectivity index (χ0n) is 16.1. The van der Waals surface area contributed by atoms with Crippen LogP contribution in [-0.4, -0.2) is 46.1 Å². The number of methoxy groups -OCH3 is 1. The fraction of sp³-hybridized carbons (Fsp3) is 0.400. The Morgan fingerprint density at radius 1 is 1.45 bits per heavy atom. The molecule has 4 rings (SSSR count). The summed E-state index contributed by atoms with van der Waals surface area (Å²) in [5.41, 5.74) is 0.516. The number of rotatable bonds is 6. The molecule has 0 saturated carbocycles. The third kappa shape index (κ3) is 4.56. The van der Waals surface area contributed by atoms with Gasteiger partial charge >= 0.3 is 0 Å². The molecular weight excluding hydrogens is 392 g/mol. The van der Waals surface area contributed by atoms with Crippen LogP contribution in [0, 0.1) is 0 Å². The van der Waals surface area contributed by atoms with E-state index in [9.17, 15) is 9.59 Å². The van der Waals surface area contributed by atoms with E-state index in [0.717, 1.165) is 17.7 Å². The van der Waals surface area contributed by atoms with Gasteiger partial charge in [-0.15, -0.1) is 11.3 Å². The Hall–Kier alpha value is -2.94. The number of aryl methyl sites for hydroxylation is 1. The van der Waals surface area contributed by atoms with Gasteiger partial charge in [0.1, 0.15) is 11.6 Å². The highest BCUT2D eigenvalue weighted by molar-refractivity contribution is 7.13. The lowest BCUT2D eigenvalue weighted by atomic mass is 9.96. The second kappa shape index (κ2) is 8.60. The average molecular weight is 414 g/mol. The highest BCUT2D eigenvalue weighted by Gasteiger charge is 2.26. The molecule has 29 heavy (non-hydrogen) atoms. The number of nitrogens with one attached hydrogen (secondary N) is 1. The minimum atomic E-state index is -0.166. The highest BCUT2D eigenvalue weighted by Crippen LogP contribution is 2.27. The molecule has 8 nitrogen and oxygen atoms in total. The molecule has 3 aromatic heterocycles. The summed E-state index contributed by atoms with van der Waals surface area (Å²) < 4.78 is 10.1. The third-order valence-corrected chi connectivity index (χ3v) is 5.92. The SMILES string of the molecule is COc1cc(CCC(=O)N2CCC[C@@H](c3nc(-c4cccs4)cc(=O)[nH]3)C2)on1. The van der Waals surface area contributed by atoms with Gasteiger partial charge in [-0.25, -0.2) is 4.98 Å². The van der Waals surface area contributed by atoms with Crippen LogP contribution in [-0.2, 0) is 11.2 Å². The first-order valence-corrected chi connectivity index (χ1v) is 10.4. The Bertz CT molecular complexity index is 1030. The van der Waals surface area contributed by atoms with E-state index in [2.05, 4.69) is 15.1 Å². The van der Waals surface area contributed by atoms with Crippen molar-refractivity contribution in [3.05, 3.63) is 51.6 Å². The van der Waals surface area contributed by atoms with E-state index >= 15 is 0 Å². The largest absolute Gasteiger partial charge is 0.479 e. The molecule has 4 heterocycles. The maximum atomic E-state index is 12.7. The predicted octanol–water partition coefficient (Wildman–Crippen LogP) is 2.83. The van der Waals surface area contributed by atoms with Crippen molar-refractivity contribution in [3.63, 3.8) is 0 Å². The molecule has 0 bridgehead atoms. The molecule has 0 radical (unpaired) electrons. The summed E-state index contributed by atoms with van der Waals surface area (Å²) in [7, 11) is 1.52. The molecule has 1 amide bonds. The fourth-order valence-electron chi connectivity index (χ4n) is 3.54. The van der Waals surface area contributed by atoms with Crippen LogP contribution in [0.2, 0.25) is 0 Å². The lowest BCUT2D eigenvalue weighted by Gasteiger charge is -2.32. The van der Waals surface area contributed by atoms with Crippen LogP contribution < -0.4 is 10.3 Å². The van der Waals surface area contributed by atoms with E-state index in [0.29, 0.717) is 49.1 Å². The number of ether oxygens (including phenoxy) is 1. The summed E-state index contributed by atoms with van der Waals surface area (Å²) in [6.07, 6.45) is 2.57. The molecule has 1 N–H and O–H groups in total. The Morgan fingerprint density at radius 3 is 3.10 bits per heavy atom. The summed E-state index contributed by atoms with van der Waals surface area (Å²) in [5, 5.41) is 5.71. The van der Waals surface area contributed by atoms with Gasteiger partial charge in [-0.1, -0.05) is 6.07 Å². The number of hydrogen-bond donors (Lipinski definition) is 1. The number of hydrogen-bond acceptors (Lipinski definition) is 7. The van der Waals surface area contributed by atoms with Crippen LogP contribution in [0.15, 0.2) is 39.0 Å². The van der Waals surface area contributed by atoms with Crippen molar-refractivity contribution in [3.8, 4) is 16.5 Å². The first kappa shape index (κ1) is 19.4. The molecule has 0 aromatic carbocycles. The molecule has 1 atom stereocenters. The molecule has 0 unspecified atom stereocenters. The normalized spacial score (nSPS) is 16.7. The number of amides is 1. The van der Waals surface area contributed by atoms with Crippen LogP contribution in [0.25, 0.3) is 10.6 Å². The summed E-state index contributed by atoms with van der Waals surface area (Å²) in [6.45, 7) is 1.26. The summed E-state index contributed by atoms with van der Waals surface area (Å²) in [4.78, 5) is 35.2. The zero-order valence-corrected chi connectivity index (χ0v) is 16.9.